The van der Waals surface area contributed by atoms with Crippen LogP contribution >= 0.6 is 11.8 Å². The monoisotopic (exact) mass is 452 g/mol. The van der Waals surface area contributed by atoms with Crippen molar-refractivity contribution in [2.24, 2.45) is 0 Å². The van der Waals surface area contributed by atoms with Crippen LogP contribution in [0.5, 0.6) is 5.75 Å². The van der Waals surface area contributed by atoms with Crippen LogP contribution in [0, 0.1) is 0 Å². The van der Waals surface area contributed by atoms with E-state index >= 15 is 0 Å². The third kappa shape index (κ3) is 6.40. The van der Waals surface area contributed by atoms with Gasteiger partial charge in [-0.15, -0.1) is 11.8 Å². The fourth-order valence-corrected chi connectivity index (χ4v) is 3.92. The number of ether oxygens (including phenoxy) is 2. The fraction of sp³-hybridized carbons (Fsp3) is 0.346. The van der Waals surface area contributed by atoms with E-state index in [1.807, 2.05) is 26.0 Å². The molecule has 5 nitrogen and oxygen atoms in total. The highest BCUT2D eigenvalue weighted by molar-refractivity contribution is 7.98. The Kier molecular flexibility index (Phi) is 8.82. The normalized spacial score (nSPS) is 11.0. The quantitative estimate of drug-likeness (QED) is 0.315. The molecule has 0 spiro atoms. The van der Waals surface area contributed by atoms with Crippen molar-refractivity contribution in [2.75, 3.05) is 26.5 Å². The maximum absolute atomic E-state index is 12.3. The summed E-state index contributed by atoms with van der Waals surface area (Å²) in [4.78, 5) is 13.6. The maximum Gasteiger partial charge on any atom is 0.220 e. The van der Waals surface area contributed by atoms with Gasteiger partial charge >= 0.3 is 0 Å². The van der Waals surface area contributed by atoms with Crippen molar-refractivity contribution in [3.05, 3.63) is 66.4 Å². The molecule has 0 fully saturated rings. The Hall–Kier alpha value is -2.70. The van der Waals surface area contributed by atoms with Crippen LogP contribution in [0.4, 0.5) is 0 Å². The van der Waals surface area contributed by atoms with Gasteiger partial charge in [-0.3, -0.25) is 4.79 Å². The SMILES string of the molecule is COc1ccc(-c2ccc(CCC(=O)NCCOC(C)C)n2-c2ccc(SC)cc2)cc1. The van der Waals surface area contributed by atoms with Crippen LogP contribution in [0.25, 0.3) is 16.9 Å². The molecule has 170 valence electrons. The molecule has 0 saturated carbocycles. The Morgan fingerprint density at radius 3 is 2.38 bits per heavy atom. The predicted molar refractivity (Wildman–Crippen MR) is 132 cm³/mol. The summed E-state index contributed by atoms with van der Waals surface area (Å²) in [6.07, 6.45) is 3.32. The van der Waals surface area contributed by atoms with E-state index in [0.717, 1.165) is 28.4 Å². The minimum atomic E-state index is 0.0360. The van der Waals surface area contributed by atoms with E-state index in [0.29, 0.717) is 26.0 Å². The molecule has 1 amide bonds. The number of carbonyl (C=O) groups is 1. The second kappa shape index (κ2) is 11.8. The molecule has 0 unspecified atom stereocenters. The molecule has 0 aliphatic rings. The molecule has 0 radical (unpaired) electrons. The van der Waals surface area contributed by atoms with Gasteiger partial charge in [0.1, 0.15) is 5.75 Å². The number of nitrogens with zero attached hydrogens (tertiary/aromatic N) is 1. The van der Waals surface area contributed by atoms with E-state index in [-0.39, 0.29) is 12.0 Å². The van der Waals surface area contributed by atoms with Crippen molar-refractivity contribution in [2.45, 2.75) is 37.7 Å². The minimum absolute atomic E-state index is 0.0360. The lowest BCUT2D eigenvalue weighted by atomic mass is 10.1. The molecule has 0 aliphatic heterocycles. The summed E-state index contributed by atoms with van der Waals surface area (Å²) in [6.45, 7) is 5.04. The largest absolute Gasteiger partial charge is 0.497 e. The van der Waals surface area contributed by atoms with Gasteiger partial charge in [0, 0.05) is 29.2 Å². The molecule has 0 aliphatic carbocycles. The van der Waals surface area contributed by atoms with Gasteiger partial charge in [0.05, 0.1) is 25.5 Å². The first-order valence-electron chi connectivity index (χ1n) is 10.9. The molecule has 1 N–H and O–H groups in total. The zero-order valence-corrected chi connectivity index (χ0v) is 20.1. The van der Waals surface area contributed by atoms with E-state index in [1.165, 1.54) is 4.90 Å². The highest BCUT2D eigenvalue weighted by Crippen LogP contribution is 2.29. The highest BCUT2D eigenvalue weighted by atomic mass is 32.2. The van der Waals surface area contributed by atoms with Crippen LogP contribution in [0.1, 0.15) is 26.0 Å². The van der Waals surface area contributed by atoms with Crippen molar-refractivity contribution in [1.29, 1.82) is 0 Å². The molecular formula is C26H32N2O3S. The van der Waals surface area contributed by atoms with E-state index in [1.54, 1.807) is 18.9 Å². The molecule has 0 bridgehead atoms. The van der Waals surface area contributed by atoms with Gasteiger partial charge in [-0.2, -0.15) is 0 Å². The molecular weight excluding hydrogens is 420 g/mol. The Balaban J connectivity index is 1.80. The first kappa shape index (κ1) is 24.0. The number of methoxy groups -OCH3 is 1. The van der Waals surface area contributed by atoms with Crippen LogP contribution in [-0.2, 0) is 16.0 Å². The summed E-state index contributed by atoms with van der Waals surface area (Å²) in [7, 11) is 1.67. The zero-order chi connectivity index (χ0) is 22.9. The fourth-order valence-electron chi connectivity index (χ4n) is 3.51. The number of carbonyl (C=O) groups excluding carboxylic acids is 1. The number of nitrogens with one attached hydrogen (secondary N) is 1. The Labute approximate surface area is 195 Å². The van der Waals surface area contributed by atoms with Gasteiger partial charge in [-0.25, -0.2) is 0 Å². The summed E-state index contributed by atoms with van der Waals surface area (Å²) < 4.78 is 13.0. The highest BCUT2D eigenvalue weighted by Gasteiger charge is 2.14. The van der Waals surface area contributed by atoms with Crippen molar-refractivity contribution in [1.82, 2.24) is 9.88 Å². The summed E-state index contributed by atoms with van der Waals surface area (Å²) in [6, 6.07) is 20.8. The first-order valence-corrected chi connectivity index (χ1v) is 12.1. The molecule has 3 rings (SSSR count). The van der Waals surface area contributed by atoms with Gasteiger partial charge in [-0.05, 0) is 92.8 Å². The third-order valence-electron chi connectivity index (χ3n) is 5.16. The lowest BCUT2D eigenvalue weighted by molar-refractivity contribution is -0.121. The molecule has 2 aromatic carbocycles. The van der Waals surface area contributed by atoms with Crippen LogP contribution in [0.2, 0.25) is 0 Å². The topological polar surface area (TPSA) is 52.5 Å². The van der Waals surface area contributed by atoms with Crippen LogP contribution in [0.15, 0.2) is 65.6 Å². The van der Waals surface area contributed by atoms with E-state index in [9.17, 15) is 4.79 Å². The zero-order valence-electron chi connectivity index (χ0n) is 19.3. The molecule has 0 saturated heterocycles. The van der Waals surface area contributed by atoms with E-state index in [2.05, 4.69) is 64.7 Å². The number of thioether (sulfide) groups is 1. The Bertz CT molecular complexity index is 995. The number of aromatic nitrogens is 1. The predicted octanol–water partition coefficient (Wildman–Crippen LogP) is 5.35. The Morgan fingerprint density at radius 1 is 1.03 bits per heavy atom. The van der Waals surface area contributed by atoms with Crippen molar-refractivity contribution < 1.29 is 14.3 Å². The van der Waals surface area contributed by atoms with Crippen LogP contribution < -0.4 is 10.1 Å². The van der Waals surface area contributed by atoms with Crippen molar-refractivity contribution in [3.63, 3.8) is 0 Å². The lowest BCUT2D eigenvalue weighted by Crippen LogP contribution is -2.28. The van der Waals surface area contributed by atoms with Crippen molar-refractivity contribution in [3.8, 4) is 22.7 Å². The minimum Gasteiger partial charge on any atom is -0.497 e. The van der Waals surface area contributed by atoms with Crippen LogP contribution in [0.3, 0.4) is 0 Å². The standard InChI is InChI=1S/C26H32N2O3S/c1-19(2)31-18-17-27-26(29)16-10-22-9-15-25(20-5-11-23(30-3)12-6-20)28(22)21-7-13-24(32-4)14-8-21/h5-9,11-15,19H,10,16-18H2,1-4H3,(H,27,29). The van der Waals surface area contributed by atoms with E-state index < -0.39 is 0 Å². The number of benzene rings is 2. The average molecular weight is 453 g/mol. The van der Waals surface area contributed by atoms with Crippen molar-refractivity contribution >= 4 is 17.7 Å². The maximum atomic E-state index is 12.3. The smallest absolute Gasteiger partial charge is 0.220 e. The summed E-state index contributed by atoms with van der Waals surface area (Å²) >= 11 is 1.72. The molecule has 0 atom stereocenters. The first-order chi connectivity index (χ1) is 15.5. The number of hydrogen-bond acceptors (Lipinski definition) is 4. The van der Waals surface area contributed by atoms with Gasteiger partial charge in [0.15, 0.2) is 0 Å². The number of rotatable bonds is 11. The van der Waals surface area contributed by atoms with Gasteiger partial charge in [0.25, 0.3) is 0 Å². The summed E-state index contributed by atoms with van der Waals surface area (Å²) in [5, 5.41) is 2.94. The van der Waals surface area contributed by atoms with E-state index in [4.69, 9.17) is 9.47 Å². The molecule has 6 heteroatoms. The Morgan fingerprint density at radius 2 is 1.75 bits per heavy atom. The third-order valence-corrected chi connectivity index (χ3v) is 5.91. The average Bonchev–Trinajstić information content (AvgIpc) is 3.24. The lowest BCUT2D eigenvalue weighted by Gasteiger charge is -2.15. The number of aryl methyl sites for hydroxylation is 1. The van der Waals surface area contributed by atoms with Gasteiger partial charge < -0.3 is 19.4 Å². The number of amides is 1. The number of hydrogen-bond donors (Lipinski definition) is 1. The summed E-state index contributed by atoms with van der Waals surface area (Å²) in [5.41, 5.74) is 4.37. The molecule has 3 aromatic rings. The molecule has 32 heavy (non-hydrogen) atoms. The van der Waals surface area contributed by atoms with Crippen LogP contribution in [-0.4, -0.2) is 43.1 Å². The molecule has 1 aromatic heterocycles. The van der Waals surface area contributed by atoms with Gasteiger partial charge in [-0.1, -0.05) is 0 Å². The second-order valence-corrected chi connectivity index (χ2v) is 8.62. The second-order valence-electron chi connectivity index (χ2n) is 7.74. The van der Waals surface area contributed by atoms with Gasteiger partial charge in [0.2, 0.25) is 5.91 Å². The molecule has 1 heterocycles. The summed E-state index contributed by atoms with van der Waals surface area (Å²) in [5.74, 6) is 0.864.